The summed E-state index contributed by atoms with van der Waals surface area (Å²) in [6.45, 7) is 7.70. The van der Waals surface area contributed by atoms with Gasteiger partial charge in [-0.1, -0.05) is 6.92 Å². The molecule has 0 saturated heterocycles. The van der Waals surface area contributed by atoms with Crippen molar-refractivity contribution in [3.8, 4) is 0 Å². The minimum atomic E-state index is -0.138. The van der Waals surface area contributed by atoms with Gasteiger partial charge in [0.25, 0.3) is 0 Å². The highest BCUT2D eigenvalue weighted by molar-refractivity contribution is 5.71. The van der Waals surface area contributed by atoms with Gasteiger partial charge in [-0.3, -0.25) is 14.4 Å². The average Bonchev–Trinajstić information content (AvgIpc) is 3.17. The van der Waals surface area contributed by atoms with Crippen LogP contribution in [0.25, 0.3) is 0 Å². The van der Waals surface area contributed by atoms with E-state index in [4.69, 9.17) is 4.74 Å². The molecule has 5 heteroatoms. The molecule has 1 saturated carbocycles. The maximum Gasteiger partial charge on any atom is 0.320 e. The molecule has 1 fully saturated rings. The second kappa shape index (κ2) is 6.88. The zero-order valence-electron chi connectivity index (χ0n) is 12.7. The Morgan fingerprint density at radius 2 is 2.30 bits per heavy atom. The molecule has 0 spiro atoms. The molecule has 0 N–H and O–H groups in total. The highest BCUT2D eigenvalue weighted by atomic mass is 16.5. The molecule has 0 amide bonds. The molecule has 1 atom stereocenters. The summed E-state index contributed by atoms with van der Waals surface area (Å²) in [6.07, 6.45) is 5.44. The van der Waals surface area contributed by atoms with Crippen molar-refractivity contribution < 1.29 is 9.53 Å². The van der Waals surface area contributed by atoms with Crippen LogP contribution in [0.5, 0.6) is 0 Å². The van der Waals surface area contributed by atoms with E-state index in [1.807, 2.05) is 23.9 Å². The van der Waals surface area contributed by atoms with Crippen LogP contribution in [0.1, 0.15) is 51.8 Å². The summed E-state index contributed by atoms with van der Waals surface area (Å²) in [5.41, 5.74) is 1.03. The lowest BCUT2D eigenvalue weighted by Gasteiger charge is -2.19. The number of nitrogens with zero attached hydrogens (tertiary/aromatic N) is 3. The van der Waals surface area contributed by atoms with Crippen LogP contribution in [0.3, 0.4) is 0 Å². The van der Waals surface area contributed by atoms with Crippen LogP contribution >= 0.6 is 0 Å². The third-order valence-electron chi connectivity index (χ3n) is 3.77. The van der Waals surface area contributed by atoms with Gasteiger partial charge in [-0.25, -0.2) is 0 Å². The molecular formula is C15H25N3O2. The van der Waals surface area contributed by atoms with Gasteiger partial charge in [-0.05, 0) is 39.2 Å². The Bertz CT molecular complexity index is 440. The first kappa shape index (κ1) is 15.0. The fourth-order valence-corrected chi connectivity index (χ4v) is 2.23. The predicted molar refractivity (Wildman–Crippen MR) is 77.3 cm³/mol. The lowest BCUT2D eigenvalue weighted by Crippen LogP contribution is -2.32. The van der Waals surface area contributed by atoms with Gasteiger partial charge in [0.15, 0.2) is 0 Å². The molecule has 0 aromatic carbocycles. The summed E-state index contributed by atoms with van der Waals surface area (Å²) in [7, 11) is 0. The Labute approximate surface area is 120 Å². The molecular weight excluding hydrogens is 254 g/mol. The number of aromatic nitrogens is 2. The van der Waals surface area contributed by atoms with E-state index in [1.54, 1.807) is 0 Å². The van der Waals surface area contributed by atoms with Crippen LogP contribution in [-0.2, 0) is 16.1 Å². The van der Waals surface area contributed by atoms with E-state index in [2.05, 4.69) is 23.8 Å². The van der Waals surface area contributed by atoms with Crippen LogP contribution in [0, 0.1) is 0 Å². The number of carbonyl (C=O) groups excluding carboxylic acids is 1. The molecule has 1 heterocycles. The number of carbonyl (C=O) groups is 1. The standard InChI is InChI=1S/C15H25N3O2/c1-4-12(3)18-9-8-13(16-18)10-17(14-6-7-14)11-15(19)20-5-2/h8-9,12,14H,4-7,10-11H2,1-3H3. The smallest absolute Gasteiger partial charge is 0.320 e. The van der Waals surface area contributed by atoms with Crippen LogP contribution in [0.2, 0.25) is 0 Å². The van der Waals surface area contributed by atoms with Crippen molar-refractivity contribution >= 4 is 5.97 Å². The third kappa shape index (κ3) is 4.07. The number of hydrogen-bond acceptors (Lipinski definition) is 4. The first-order valence-corrected chi connectivity index (χ1v) is 7.57. The van der Waals surface area contributed by atoms with Crippen LogP contribution in [0.15, 0.2) is 12.3 Å². The monoisotopic (exact) mass is 279 g/mol. The first-order chi connectivity index (χ1) is 9.63. The fraction of sp³-hybridized carbons (Fsp3) is 0.733. The molecule has 112 valence electrons. The Morgan fingerprint density at radius 3 is 2.90 bits per heavy atom. The molecule has 0 aliphatic heterocycles. The predicted octanol–water partition coefficient (Wildman–Crippen LogP) is 2.38. The SMILES string of the molecule is CCOC(=O)CN(Cc1ccn(C(C)CC)n1)C1CC1. The molecule has 0 radical (unpaired) electrons. The van der Waals surface area contributed by atoms with E-state index in [0.717, 1.165) is 18.7 Å². The minimum absolute atomic E-state index is 0.138. The average molecular weight is 279 g/mol. The van der Waals surface area contributed by atoms with Crippen LogP contribution < -0.4 is 0 Å². The van der Waals surface area contributed by atoms with Gasteiger partial charge >= 0.3 is 5.97 Å². The molecule has 1 aliphatic carbocycles. The molecule has 1 aromatic heterocycles. The summed E-state index contributed by atoms with van der Waals surface area (Å²) in [6, 6.07) is 2.99. The van der Waals surface area contributed by atoms with Crippen molar-refractivity contribution in [1.82, 2.24) is 14.7 Å². The van der Waals surface area contributed by atoms with E-state index in [-0.39, 0.29) is 5.97 Å². The van der Waals surface area contributed by atoms with Crippen molar-refractivity contribution in [1.29, 1.82) is 0 Å². The first-order valence-electron chi connectivity index (χ1n) is 7.57. The van der Waals surface area contributed by atoms with Gasteiger partial charge in [-0.15, -0.1) is 0 Å². The maximum atomic E-state index is 11.6. The topological polar surface area (TPSA) is 47.4 Å². The van der Waals surface area contributed by atoms with Crippen LogP contribution in [0.4, 0.5) is 0 Å². The van der Waals surface area contributed by atoms with Crippen LogP contribution in [-0.4, -0.2) is 39.8 Å². The van der Waals surface area contributed by atoms with Gasteiger partial charge in [0.1, 0.15) is 0 Å². The van der Waals surface area contributed by atoms with Gasteiger partial charge < -0.3 is 4.74 Å². The van der Waals surface area contributed by atoms with E-state index in [1.165, 1.54) is 12.8 Å². The van der Waals surface area contributed by atoms with E-state index in [0.29, 0.717) is 25.2 Å². The van der Waals surface area contributed by atoms with Gasteiger partial charge in [-0.2, -0.15) is 5.10 Å². The molecule has 1 aliphatic rings. The van der Waals surface area contributed by atoms with E-state index in [9.17, 15) is 4.79 Å². The summed E-state index contributed by atoms with van der Waals surface area (Å²) >= 11 is 0. The van der Waals surface area contributed by atoms with Gasteiger partial charge in [0, 0.05) is 24.8 Å². The Balaban J connectivity index is 1.94. The Kier molecular flexibility index (Phi) is 5.17. The lowest BCUT2D eigenvalue weighted by molar-refractivity contribution is -0.144. The molecule has 2 rings (SSSR count). The van der Waals surface area contributed by atoms with Crippen molar-refractivity contribution in [2.75, 3.05) is 13.2 Å². The van der Waals surface area contributed by atoms with Gasteiger partial charge in [0.05, 0.1) is 18.8 Å². The lowest BCUT2D eigenvalue weighted by atomic mass is 10.3. The number of hydrogen-bond donors (Lipinski definition) is 0. The quantitative estimate of drug-likeness (QED) is 0.686. The summed E-state index contributed by atoms with van der Waals surface area (Å²) in [5.74, 6) is -0.138. The van der Waals surface area contributed by atoms with Crippen molar-refractivity contribution in [2.24, 2.45) is 0 Å². The summed E-state index contributed by atoms with van der Waals surface area (Å²) < 4.78 is 7.05. The zero-order chi connectivity index (χ0) is 14.5. The summed E-state index contributed by atoms with van der Waals surface area (Å²) in [5, 5.41) is 4.61. The van der Waals surface area contributed by atoms with E-state index >= 15 is 0 Å². The van der Waals surface area contributed by atoms with Crippen molar-refractivity contribution in [2.45, 2.75) is 58.7 Å². The minimum Gasteiger partial charge on any atom is -0.465 e. The highest BCUT2D eigenvalue weighted by Gasteiger charge is 2.31. The molecule has 1 unspecified atom stereocenters. The number of rotatable bonds is 8. The highest BCUT2D eigenvalue weighted by Crippen LogP contribution is 2.28. The maximum absolute atomic E-state index is 11.6. The molecule has 0 bridgehead atoms. The Hall–Kier alpha value is -1.36. The summed E-state index contributed by atoms with van der Waals surface area (Å²) in [4.78, 5) is 13.8. The molecule has 5 nitrogen and oxygen atoms in total. The van der Waals surface area contributed by atoms with Gasteiger partial charge in [0.2, 0.25) is 0 Å². The fourth-order valence-electron chi connectivity index (χ4n) is 2.23. The third-order valence-corrected chi connectivity index (χ3v) is 3.77. The second-order valence-electron chi connectivity index (χ2n) is 5.49. The zero-order valence-corrected chi connectivity index (χ0v) is 12.7. The number of esters is 1. The molecule has 1 aromatic rings. The Morgan fingerprint density at radius 1 is 1.55 bits per heavy atom. The largest absolute Gasteiger partial charge is 0.465 e. The van der Waals surface area contributed by atoms with Crippen molar-refractivity contribution in [3.05, 3.63) is 18.0 Å². The van der Waals surface area contributed by atoms with E-state index < -0.39 is 0 Å². The molecule has 20 heavy (non-hydrogen) atoms. The number of ether oxygens (including phenoxy) is 1. The normalized spacial score (nSPS) is 16.4. The second-order valence-corrected chi connectivity index (χ2v) is 5.49. The van der Waals surface area contributed by atoms with Crippen molar-refractivity contribution in [3.63, 3.8) is 0 Å².